The molecule has 1 aliphatic carbocycles. The molecule has 1 saturated carbocycles. The summed E-state index contributed by atoms with van der Waals surface area (Å²) in [5, 5.41) is 9.03. The monoisotopic (exact) mass is 273 g/mol. The van der Waals surface area contributed by atoms with Crippen LogP contribution in [0.3, 0.4) is 0 Å². The van der Waals surface area contributed by atoms with E-state index in [1.807, 2.05) is 17.0 Å². The molecule has 0 aromatic heterocycles. The minimum Gasteiger partial charge on any atom is -0.481 e. The molecule has 2 atom stereocenters. The Morgan fingerprint density at radius 1 is 1.10 bits per heavy atom. The molecule has 4 heteroatoms. The summed E-state index contributed by atoms with van der Waals surface area (Å²) in [6.07, 6.45) is 2.76. The summed E-state index contributed by atoms with van der Waals surface area (Å²) < 4.78 is 0. The smallest absolute Gasteiger partial charge is 0.306 e. The highest BCUT2D eigenvalue weighted by molar-refractivity contribution is 5.81. The number of nitrogens with zero attached hydrogens (tertiary/aromatic N) is 1. The fourth-order valence-electron chi connectivity index (χ4n) is 3.37. The van der Waals surface area contributed by atoms with Crippen molar-refractivity contribution in [3.63, 3.8) is 0 Å². The summed E-state index contributed by atoms with van der Waals surface area (Å²) in [5.74, 6) is -1.05. The third-order valence-electron chi connectivity index (χ3n) is 4.57. The number of hydrogen-bond donors (Lipinski definition) is 1. The van der Waals surface area contributed by atoms with Gasteiger partial charge in [-0.25, -0.2) is 0 Å². The zero-order chi connectivity index (χ0) is 14.1. The first kappa shape index (κ1) is 13.2. The predicted octanol–water partition coefficient (Wildman–Crippen LogP) is 2.07. The molecule has 1 amide bonds. The molecule has 0 radical (unpaired) electrons. The molecule has 0 bridgehead atoms. The Morgan fingerprint density at radius 3 is 2.50 bits per heavy atom. The second kappa shape index (κ2) is 5.27. The Kier molecular flexibility index (Phi) is 3.47. The van der Waals surface area contributed by atoms with Crippen molar-refractivity contribution in [3.05, 3.63) is 35.4 Å². The van der Waals surface area contributed by atoms with Gasteiger partial charge in [-0.15, -0.1) is 0 Å². The van der Waals surface area contributed by atoms with Crippen LogP contribution in [0.4, 0.5) is 0 Å². The third kappa shape index (κ3) is 2.42. The third-order valence-corrected chi connectivity index (χ3v) is 4.57. The van der Waals surface area contributed by atoms with E-state index in [9.17, 15) is 9.59 Å². The molecule has 0 saturated heterocycles. The van der Waals surface area contributed by atoms with Gasteiger partial charge in [0.2, 0.25) is 5.91 Å². The highest BCUT2D eigenvalue weighted by Gasteiger charge is 2.36. The van der Waals surface area contributed by atoms with Crippen molar-refractivity contribution in [2.75, 3.05) is 6.54 Å². The van der Waals surface area contributed by atoms with E-state index >= 15 is 0 Å². The van der Waals surface area contributed by atoms with Crippen LogP contribution >= 0.6 is 0 Å². The van der Waals surface area contributed by atoms with Crippen LogP contribution in [0.1, 0.15) is 30.4 Å². The Balaban J connectivity index is 1.66. The van der Waals surface area contributed by atoms with Crippen molar-refractivity contribution in [2.45, 2.75) is 32.2 Å². The van der Waals surface area contributed by atoms with Gasteiger partial charge >= 0.3 is 5.97 Å². The molecule has 2 aliphatic rings. The van der Waals surface area contributed by atoms with Crippen molar-refractivity contribution >= 4 is 11.9 Å². The minimum atomic E-state index is -0.760. The second-order valence-corrected chi connectivity index (χ2v) is 5.82. The Morgan fingerprint density at radius 2 is 1.80 bits per heavy atom. The number of fused-ring (bicyclic) bond motifs is 1. The molecule has 20 heavy (non-hydrogen) atoms. The van der Waals surface area contributed by atoms with Gasteiger partial charge in [0.05, 0.1) is 5.92 Å². The lowest BCUT2D eigenvalue weighted by Crippen LogP contribution is -2.39. The molecule has 0 spiro atoms. The van der Waals surface area contributed by atoms with Crippen molar-refractivity contribution in [1.82, 2.24) is 4.90 Å². The van der Waals surface area contributed by atoms with Gasteiger partial charge < -0.3 is 10.0 Å². The maximum Gasteiger partial charge on any atom is 0.306 e. The lowest BCUT2D eigenvalue weighted by molar-refractivity contribution is -0.141. The van der Waals surface area contributed by atoms with Gasteiger partial charge in [-0.3, -0.25) is 9.59 Å². The van der Waals surface area contributed by atoms with Gasteiger partial charge in [0.15, 0.2) is 0 Å². The van der Waals surface area contributed by atoms with Crippen LogP contribution in [0.5, 0.6) is 0 Å². The molecule has 1 N–H and O–H groups in total. The number of carbonyl (C=O) groups is 2. The minimum absolute atomic E-state index is 0.0960. The fraction of sp³-hybridized carbons (Fsp3) is 0.500. The SMILES string of the molecule is O=C(O)[C@H]1CC[C@@H](C(=O)N2CCc3ccccc3C2)C1. The first-order chi connectivity index (χ1) is 9.65. The van der Waals surface area contributed by atoms with Crippen molar-refractivity contribution in [2.24, 2.45) is 11.8 Å². The molecule has 1 aromatic carbocycles. The molecule has 1 aliphatic heterocycles. The van der Waals surface area contributed by atoms with Crippen LogP contribution in [-0.2, 0) is 22.6 Å². The summed E-state index contributed by atoms with van der Waals surface area (Å²) in [4.78, 5) is 25.4. The summed E-state index contributed by atoms with van der Waals surface area (Å²) in [7, 11) is 0. The van der Waals surface area contributed by atoms with Gasteiger partial charge in [-0.2, -0.15) is 0 Å². The van der Waals surface area contributed by atoms with Crippen molar-refractivity contribution in [3.8, 4) is 0 Å². The lowest BCUT2D eigenvalue weighted by Gasteiger charge is -2.31. The standard InChI is InChI=1S/C16H19NO3/c18-15(12-5-6-13(9-12)16(19)20)17-8-7-11-3-1-2-4-14(11)10-17/h1-4,12-13H,5-10H2,(H,19,20)/t12-,13+/m1/s1. The van der Waals surface area contributed by atoms with E-state index in [1.54, 1.807) is 0 Å². The zero-order valence-electron chi connectivity index (χ0n) is 11.4. The van der Waals surface area contributed by atoms with Gasteiger partial charge in [0, 0.05) is 19.0 Å². The number of carboxylic acids is 1. The number of hydrogen-bond acceptors (Lipinski definition) is 2. The molecule has 1 heterocycles. The maximum atomic E-state index is 12.5. The van der Waals surface area contributed by atoms with Crippen LogP contribution < -0.4 is 0 Å². The van der Waals surface area contributed by atoms with Gasteiger partial charge in [0.1, 0.15) is 0 Å². The second-order valence-electron chi connectivity index (χ2n) is 5.82. The predicted molar refractivity (Wildman–Crippen MR) is 74.0 cm³/mol. The van der Waals surface area contributed by atoms with Gasteiger partial charge in [0.25, 0.3) is 0 Å². The van der Waals surface area contributed by atoms with E-state index in [0.717, 1.165) is 13.0 Å². The largest absolute Gasteiger partial charge is 0.481 e. The average Bonchev–Trinajstić information content (AvgIpc) is 2.96. The van der Waals surface area contributed by atoms with Crippen molar-refractivity contribution < 1.29 is 14.7 Å². The summed E-state index contributed by atoms with van der Waals surface area (Å²) in [5.41, 5.74) is 2.55. The van der Waals surface area contributed by atoms with Crippen LogP contribution in [0.2, 0.25) is 0 Å². The maximum absolute atomic E-state index is 12.5. The van der Waals surface area contributed by atoms with E-state index in [4.69, 9.17) is 5.11 Å². The first-order valence-electron chi connectivity index (χ1n) is 7.23. The van der Waals surface area contributed by atoms with E-state index in [1.165, 1.54) is 11.1 Å². The molecule has 4 nitrogen and oxygen atoms in total. The molecular formula is C16H19NO3. The molecular weight excluding hydrogens is 254 g/mol. The van der Waals surface area contributed by atoms with Crippen LogP contribution in [0.15, 0.2) is 24.3 Å². The number of aliphatic carboxylic acids is 1. The highest BCUT2D eigenvalue weighted by Crippen LogP contribution is 2.33. The molecule has 1 fully saturated rings. The normalized spacial score (nSPS) is 25.3. The van der Waals surface area contributed by atoms with E-state index in [2.05, 4.69) is 12.1 Å². The average molecular weight is 273 g/mol. The molecule has 1 aromatic rings. The lowest BCUT2D eigenvalue weighted by atomic mass is 9.97. The van der Waals surface area contributed by atoms with Gasteiger partial charge in [-0.1, -0.05) is 24.3 Å². The quantitative estimate of drug-likeness (QED) is 0.897. The van der Waals surface area contributed by atoms with E-state index in [-0.39, 0.29) is 17.7 Å². The fourth-order valence-corrected chi connectivity index (χ4v) is 3.37. The first-order valence-corrected chi connectivity index (χ1v) is 7.23. The number of carboxylic acid groups (broad SMARTS) is 1. The molecule has 3 rings (SSSR count). The van der Waals surface area contributed by atoms with Crippen LogP contribution in [0.25, 0.3) is 0 Å². The summed E-state index contributed by atoms with van der Waals surface area (Å²) in [6, 6.07) is 8.23. The van der Waals surface area contributed by atoms with E-state index < -0.39 is 5.97 Å². The van der Waals surface area contributed by atoms with Gasteiger partial charge in [-0.05, 0) is 36.8 Å². The van der Waals surface area contributed by atoms with Crippen LogP contribution in [-0.4, -0.2) is 28.4 Å². The topological polar surface area (TPSA) is 57.6 Å². The Bertz CT molecular complexity index is 540. The number of carbonyl (C=O) groups excluding carboxylic acids is 1. The highest BCUT2D eigenvalue weighted by atomic mass is 16.4. The molecule has 106 valence electrons. The molecule has 0 unspecified atom stereocenters. The summed E-state index contributed by atoms with van der Waals surface area (Å²) in [6.45, 7) is 1.42. The van der Waals surface area contributed by atoms with Crippen molar-refractivity contribution in [1.29, 1.82) is 0 Å². The Labute approximate surface area is 118 Å². The van der Waals surface area contributed by atoms with Crippen LogP contribution in [0, 0.1) is 11.8 Å². The van der Waals surface area contributed by atoms with E-state index in [0.29, 0.717) is 25.8 Å². The number of benzene rings is 1. The Hall–Kier alpha value is -1.84. The zero-order valence-corrected chi connectivity index (χ0v) is 11.4. The number of rotatable bonds is 2. The number of amides is 1. The summed E-state index contributed by atoms with van der Waals surface area (Å²) >= 11 is 0.